The van der Waals surface area contributed by atoms with Gasteiger partial charge in [-0.1, -0.05) is 89.9 Å². The van der Waals surface area contributed by atoms with Crippen molar-refractivity contribution in [2.45, 2.75) is 51.2 Å². The number of fused-ring (bicyclic) bond motifs is 4. The van der Waals surface area contributed by atoms with E-state index in [0.717, 1.165) is 69.2 Å². The summed E-state index contributed by atoms with van der Waals surface area (Å²) in [6, 6.07) is 30.3. The van der Waals surface area contributed by atoms with Crippen molar-refractivity contribution < 1.29 is 19.0 Å². The maximum atomic E-state index is 13.5. The van der Waals surface area contributed by atoms with Crippen molar-refractivity contribution in [2.75, 3.05) is 13.7 Å². The Morgan fingerprint density at radius 1 is 0.941 bits per heavy atom. The van der Waals surface area contributed by atoms with E-state index in [2.05, 4.69) is 23.2 Å². The predicted molar refractivity (Wildman–Crippen MR) is 199 cm³/mol. The van der Waals surface area contributed by atoms with E-state index in [1.54, 1.807) is 24.3 Å². The second-order valence-electron chi connectivity index (χ2n) is 13.1. The van der Waals surface area contributed by atoms with Gasteiger partial charge in [-0.15, -0.1) is 0 Å². The first-order valence-corrected chi connectivity index (χ1v) is 17.9. The van der Waals surface area contributed by atoms with E-state index in [-0.39, 0.29) is 6.23 Å². The number of nitrogens with zero attached hydrogens (tertiary/aromatic N) is 4. The fraction of sp³-hybridized carbons (Fsp3) is 0.244. The van der Waals surface area contributed by atoms with E-state index in [9.17, 15) is 4.79 Å². The molecule has 6 aromatic rings. The zero-order valence-corrected chi connectivity index (χ0v) is 29.8. The van der Waals surface area contributed by atoms with Crippen molar-refractivity contribution >= 4 is 40.2 Å². The Morgan fingerprint density at radius 2 is 1.67 bits per heavy atom. The van der Waals surface area contributed by atoms with Crippen LogP contribution in [0.3, 0.4) is 0 Å². The molecule has 2 aromatic heterocycles. The van der Waals surface area contributed by atoms with Crippen molar-refractivity contribution in [3.05, 3.63) is 136 Å². The summed E-state index contributed by atoms with van der Waals surface area (Å²) in [5, 5.41) is 6.95. The fourth-order valence-electron chi connectivity index (χ4n) is 7.20. The Morgan fingerprint density at radius 3 is 2.37 bits per heavy atom. The summed E-state index contributed by atoms with van der Waals surface area (Å²) >= 11 is 12.9. The molecule has 1 saturated heterocycles. The van der Waals surface area contributed by atoms with E-state index >= 15 is 0 Å². The highest BCUT2D eigenvalue weighted by Gasteiger charge is 2.32. The van der Waals surface area contributed by atoms with Gasteiger partial charge in [0, 0.05) is 60.2 Å². The number of amides is 1. The number of carbonyl (C=O) groups excluding carboxylic acids is 1. The second-order valence-corrected chi connectivity index (χ2v) is 13.9. The third kappa shape index (κ3) is 6.44. The first-order chi connectivity index (χ1) is 24.9. The molecule has 0 bridgehead atoms. The van der Waals surface area contributed by atoms with E-state index in [0.29, 0.717) is 34.5 Å². The number of benzene rings is 4. The Labute approximate surface area is 306 Å². The molecule has 2 aliphatic rings. The largest absolute Gasteiger partial charge is 0.486 e. The highest BCUT2D eigenvalue weighted by Crippen LogP contribution is 2.45. The maximum absolute atomic E-state index is 13.5. The summed E-state index contributed by atoms with van der Waals surface area (Å²) in [4.78, 5) is 19.2. The van der Waals surface area contributed by atoms with Gasteiger partial charge in [0.25, 0.3) is 0 Å². The zero-order valence-electron chi connectivity index (χ0n) is 28.3. The van der Waals surface area contributed by atoms with Gasteiger partial charge in [-0.25, -0.2) is 9.48 Å². The van der Waals surface area contributed by atoms with Gasteiger partial charge in [-0.3, -0.25) is 4.98 Å². The summed E-state index contributed by atoms with van der Waals surface area (Å²) in [5.74, 6) is 0.651. The summed E-state index contributed by atoms with van der Waals surface area (Å²) in [7, 11) is 1.76. The number of ether oxygens (including phenoxy) is 3. The average Bonchev–Trinajstić information content (AvgIpc) is 3.68. The van der Waals surface area contributed by atoms with Gasteiger partial charge in [0.15, 0.2) is 12.3 Å². The molecule has 8 rings (SSSR count). The van der Waals surface area contributed by atoms with Gasteiger partial charge < -0.3 is 19.1 Å². The van der Waals surface area contributed by atoms with Crippen LogP contribution in [-0.2, 0) is 16.0 Å². The topological polar surface area (TPSA) is 78.7 Å². The number of aromatic nitrogens is 3. The van der Waals surface area contributed by atoms with Crippen molar-refractivity contribution in [3.8, 4) is 28.1 Å². The second kappa shape index (κ2) is 14.0. The third-order valence-electron chi connectivity index (χ3n) is 9.64. The van der Waals surface area contributed by atoms with E-state index in [4.69, 9.17) is 42.5 Å². The van der Waals surface area contributed by atoms with Crippen LogP contribution >= 0.6 is 23.2 Å². The van der Waals surface area contributed by atoms with Crippen LogP contribution in [0, 0.1) is 0 Å². The molecule has 0 radical (unpaired) electrons. The third-order valence-corrected chi connectivity index (χ3v) is 10.2. The zero-order chi connectivity index (χ0) is 35.1. The minimum absolute atomic E-state index is 0.162. The molecule has 0 saturated carbocycles. The summed E-state index contributed by atoms with van der Waals surface area (Å²) in [6.45, 7) is 2.96. The lowest BCUT2D eigenvalue weighted by atomic mass is 10.0. The number of halogens is 2. The normalized spacial score (nSPS) is 16.0. The van der Waals surface area contributed by atoms with Crippen LogP contribution in [0.2, 0.25) is 10.0 Å². The Balaban J connectivity index is 1.07. The molecule has 258 valence electrons. The predicted octanol–water partition coefficient (Wildman–Crippen LogP) is 10.6. The smallest absolute Gasteiger partial charge is 0.410 e. The van der Waals surface area contributed by atoms with Crippen LogP contribution in [0.5, 0.6) is 5.75 Å². The van der Waals surface area contributed by atoms with Gasteiger partial charge in [0.05, 0.1) is 15.6 Å². The van der Waals surface area contributed by atoms with Crippen LogP contribution < -0.4 is 4.74 Å². The van der Waals surface area contributed by atoms with Crippen molar-refractivity contribution in [1.29, 1.82) is 0 Å². The monoisotopic (exact) mass is 718 g/mol. The van der Waals surface area contributed by atoms with Crippen molar-refractivity contribution in [2.24, 2.45) is 0 Å². The molecule has 3 heterocycles. The van der Waals surface area contributed by atoms with E-state index in [1.165, 1.54) is 0 Å². The summed E-state index contributed by atoms with van der Waals surface area (Å²) < 4.78 is 20.7. The molecule has 1 unspecified atom stereocenters. The van der Waals surface area contributed by atoms with Crippen molar-refractivity contribution in [1.82, 2.24) is 19.7 Å². The lowest BCUT2D eigenvalue weighted by molar-refractivity contribution is -0.0365. The number of hydrogen-bond acceptors (Lipinski definition) is 6. The molecule has 4 aromatic carbocycles. The van der Waals surface area contributed by atoms with Crippen LogP contribution in [0.1, 0.15) is 66.9 Å². The maximum Gasteiger partial charge on any atom is 0.410 e. The SMILES string of the molecule is C[C@@H](Oc1ccc2c(c1)c(-c1cccc(CN(C)C(=O)OC3c4ccccc4-c4ccccc43)c1)nn2C1CCCCO1)c1c(Cl)cncc1Cl. The Hall–Kier alpha value is -4.89. The highest BCUT2D eigenvalue weighted by atomic mass is 35.5. The van der Waals surface area contributed by atoms with Gasteiger partial charge in [0.2, 0.25) is 0 Å². The molecule has 2 atom stereocenters. The fourth-order valence-corrected chi connectivity index (χ4v) is 7.87. The minimum atomic E-state index is -0.458. The molecule has 1 aliphatic carbocycles. The molecule has 0 N–H and O–H groups in total. The quantitative estimate of drug-likeness (QED) is 0.156. The molecule has 1 fully saturated rings. The molecule has 1 amide bonds. The van der Waals surface area contributed by atoms with E-state index in [1.807, 2.05) is 84.4 Å². The van der Waals surface area contributed by atoms with Gasteiger partial charge in [0.1, 0.15) is 17.5 Å². The van der Waals surface area contributed by atoms with Gasteiger partial charge in [-0.05, 0) is 67.1 Å². The summed E-state index contributed by atoms with van der Waals surface area (Å²) in [6.07, 6.45) is 4.68. The van der Waals surface area contributed by atoms with Gasteiger partial charge in [-0.2, -0.15) is 5.10 Å². The molecule has 51 heavy (non-hydrogen) atoms. The summed E-state index contributed by atoms with van der Waals surface area (Å²) in [5.41, 5.74) is 8.46. The minimum Gasteiger partial charge on any atom is -0.486 e. The highest BCUT2D eigenvalue weighted by molar-refractivity contribution is 6.35. The van der Waals surface area contributed by atoms with Crippen LogP contribution in [0.15, 0.2) is 103 Å². The standard InChI is InChI=1S/C41H36Cl2N4O4/c1-25(38-34(42)22-44-23-35(38)43)50-28-17-18-36-33(21-28)39(45-47(36)37-16-7-8-19-49-37)27-11-9-10-26(20-27)24-46(2)41(48)51-40-31-14-5-3-12-29(31)30-13-4-6-15-32(30)40/h3-6,9-15,17-18,20-23,25,37,40H,7-8,16,19,24H2,1-2H3/t25-,37?/m1/s1. The molecular weight excluding hydrogens is 683 g/mol. The molecule has 0 spiro atoms. The lowest BCUT2D eigenvalue weighted by Gasteiger charge is -2.23. The molecule has 10 heteroatoms. The molecule has 1 aliphatic heterocycles. The van der Waals surface area contributed by atoms with E-state index < -0.39 is 18.3 Å². The molecule has 8 nitrogen and oxygen atoms in total. The van der Waals surface area contributed by atoms with Crippen LogP contribution in [0.25, 0.3) is 33.3 Å². The number of rotatable bonds is 8. The van der Waals surface area contributed by atoms with Crippen molar-refractivity contribution in [3.63, 3.8) is 0 Å². The number of hydrogen-bond donors (Lipinski definition) is 0. The van der Waals surface area contributed by atoms with Crippen LogP contribution in [0.4, 0.5) is 4.79 Å². The first kappa shape index (κ1) is 33.3. The first-order valence-electron chi connectivity index (χ1n) is 17.1. The number of carbonyl (C=O) groups is 1. The average molecular weight is 720 g/mol. The Bertz CT molecular complexity index is 2180. The Kier molecular flexibility index (Phi) is 9.15. The molecular formula is C41H36Cl2N4O4. The number of pyridine rings is 1. The van der Waals surface area contributed by atoms with Crippen LogP contribution in [-0.4, -0.2) is 39.4 Å². The lowest BCUT2D eigenvalue weighted by Crippen LogP contribution is -2.28. The van der Waals surface area contributed by atoms with Gasteiger partial charge >= 0.3 is 6.09 Å².